The molecule has 2 amide bonds. The van der Waals surface area contributed by atoms with E-state index >= 15 is 0 Å². The van der Waals surface area contributed by atoms with Crippen LogP contribution in [0.3, 0.4) is 0 Å². The van der Waals surface area contributed by atoms with Gasteiger partial charge < -0.3 is 15.0 Å². The molecule has 11 heteroatoms. The minimum atomic E-state index is -4.44. The molecule has 0 atom stereocenters. The lowest BCUT2D eigenvalue weighted by Crippen LogP contribution is -2.43. The summed E-state index contributed by atoms with van der Waals surface area (Å²) in [7, 11) is 0. The second kappa shape index (κ2) is 8.29. The van der Waals surface area contributed by atoms with Crippen molar-refractivity contribution in [1.29, 1.82) is 0 Å². The number of amides is 2. The van der Waals surface area contributed by atoms with Crippen LogP contribution < -0.4 is 10.1 Å². The van der Waals surface area contributed by atoms with E-state index in [0.717, 1.165) is 29.5 Å². The summed E-state index contributed by atoms with van der Waals surface area (Å²) < 4.78 is 71.1. The molecular formula is C20H16F5N3O2S. The number of aromatic nitrogens is 1. The fourth-order valence-electron chi connectivity index (χ4n) is 3.25. The van der Waals surface area contributed by atoms with Crippen molar-refractivity contribution in [1.82, 2.24) is 9.88 Å². The molecular weight excluding hydrogens is 441 g/mol. The number of anilines is 1. The van der Waals surface area contributed by atoms with Gasteiger partial charge in [-0.3, -0.25) is 0 Å². The number of hydrogen-bond donors (Lipinski definition) is 1. The molecule has 5 nitrogen and oxygen atoms in total. The van der Waals surface area contributed by atoms with Crippen LogP contribution in [0.1, 0.15) is 18.4 Å². The lowest BCUT2D eigenvalue weighted by atomic mass is 10.1. The average molecular weight is 457 g/mol. The summed E-state index contributed by atoms with van der Waals surface area (Å²) in [5, 5.41) is 2.80. The van der Waals surface area contributed by atoms with Gasteiger partial charge in [-0.25, -0.2) is 13.6 Å². The predicted octanol–water partition coefficient (Wildman–Crippen LogP) is 5.67. The van der Waals surface area contributed by atoms with Crippen LogP contribution in [0.5, 0.6) is 5.19 Å². The summed E-state index contributed by atoms with van der Waals surface area (Å²) in [6.45, 7) is 0.732. The number of carbonyl (C=O) groups is 1. The number of thiazole rings is 1. The molecule has 0 aliphatic carbocycles. The van der Waals surface area contributed by atoms with Gasteiger partial charge in [0.1, 0.15) is 17.4 Å². The molecule has 1 fully saturated rings. The SMILES string of the molecule is O=C(Nc1ccc(C(F)(F)F)cc1)N1CCC(Oc2nc3c(F)cc(F)cc3s2)CC1. The van der Waals surface area contributed by atoms with Crippen molar-refractivity contribution in [2.45, 2.75) is 25.1 Å². The molecule has 1 N–H and O–H groups in total. The van der Waals surface area contributed by atoms with Crippen molar-refractivity contribution in [2.75, 3.05) is 18.4 Å². The van der Waals surface area contributed by atoms with E-state index in [9.17, 15) is 26.7 Å². The summed E-state index contributed by atoms with van der Waals surface area (Å²) in [6, 6.07) is 5.74. The monoisotopic (exact) mass is 457 g/mol. The maximum absolute atomic E-state index is 13.8. The number of rotatable bonds is 3. The van der Waals surface area contributed by atoms with E-state index in [2.05, 4.69) is 10.3 Å². The van der Waals surface area contributed by atoms with Gasteiger partial charge in [-0.05, 0) is 30.3 Å². The molecule has 1 aliphatic rings. The third kappa shape index (κ3) is 4.87. The highest BCUT2D eigenvalue weighted by Crippen LogP contribution is 2.32. The molecule has 0 radical (unpaired) electrons. The van der Waals surface area contributed by atoms with Crippen molar-refractivity contribution in [3.8, 4) is 5.19 Å². The van der Waals surface area contributed by atoms with Gasteiger partial charge in [0, 0.05) is 37.7 Å². The van der Waals surface area contributed by atoms with Crippen LogP contribution in [-0.2, 0) is 6.18 Å². The maximum atomic E-state index is 13.8. The Kier molecular flexibility index (Phi) is 5.69. The van der Waals surface area contributed by atoms with Gasteiger partial charge in [0.15, 0.2) is 5.82 Å². The first-order chi connectivity index (χ1) is 14.7. The molecule has 4 rings (SSSR count). The lowest BCUT2D eigenvalue weighted by Gasteiger charge is -2.31. The summed E-state index contributed by atoms with van der Waals surface area (Å²) in [5.41, 5.74) is -0.476. The van der Waals surface area contributed by atoms with Gasteiger partial charge in [-0.1, -0.05) is 11.3 Å². The topological polar surface area (TPSA) is 54.5 Å². The third-order valence-electron chi connectivity index (χ3n) is 4.85. The van der Waals surface area contributed by atoms with Crippen LogP contribution >= 0.6 is 11.3 Å². The second-order valence-electron chi connectivity index (χ2n) is 7.02. The van der Waals surface area contributed by atoms with E-state index in [1.54, 1.807) is 0 Å². The second-order valence-corrected chi connectivity index (χ2v) is 8.02. The largest absolute Gasteiger partial charge is 0.467 e. The van der Waals surface area contributed by atoms with Crippen LogP contribution in [0.4, 0.5) is 32.4 Å². The molecule has 0 unspecified atom stereocenters. The molecule has 1 aromatic heterocycles. The fourth-order valence-corrected chi connectivity index (χ4v) is 4.17. The Hall–Kier alpha value is -2.95. The number of nitrogens with one attached hydrogen (secondary N) is 1. The number of carbonyl (C=O) groups excluding carboxylic acids is 1. The van der Waals surface area contributed by atoms with Crippen LogP contribution in [0.2, 0.25) is 0 Å². The van der Waals surface area contributed by atoms with Gasteiger partial charge in [0.05, 0.1) is 10.3 Å². The summed E-state index contributed by atoms with van der Waals surface area (Å²) >= 11 is 1.04. The van der Waals surface area contributed by atoms with E-state index in [1.807, 2.05) is 0 Å². The normalized spacial score (nSPS) is 15.3. The van der Waals surface area contributed by atoms with Crippen LogP contribution in [0, 0.1) is 11.6 Å². The minimum Gasteiger partial charge on any atom is -0.467 e. The Morgan fingerprint density at radius 2 is 1.81 bits per heavy atom. The van der Waals surface area contributed by atoms with Gasteiger partial charge in [-0.2, -0.15) is 18.2 Å². The van der Waals surface area contributed by atoms with Crippen molar-refractivity contribution < 1.29 is 31.5 Å². The predicted molar refractivity (Wildman–Crippen MR) is 105 cm³/mol. The Balaban J connectivity index is 1.31. The van der Waals surface area contributed by atoms with Crippen LogP contribution in [0.15, 0.2) is 36.4 Å². The maximum Gasteiger partial charge on any atom is 0.416 e. The highest BCUT2D eigenvalue weighted by atomic mass is 32.1. The van der Waals surface area contributed by atoms with Crippen LogP contribution in [-0.4, -0.2) is 35.1 Å². The van der Waals surface area contributed by atoms with E-state index in [-0.39, 0.29) is 22.5 Å². The third-order valence-corrected chi connectivity index (χ3v) is 5.75. The molecule has 164 valence electrons. The molecule has 0 bridgehead atoms. The fraction of sp³-hybridized carbons (Fsp3) is 0.300. The Labute approximate surface area is 177 Å². The van der Waals surface area contributed by atoms with Gasteiger partial charge in [0.25, 0.3) is 5.19 Å². The van der Waals surface area contributed by atoms with E-state index in [4.69, 9.17) is 4.74 Å². The summed E-state index contributed by atoms with van der Waals surface area (Å²) in [6.07, 6.45) is -3.70. The number of alkyl halides is 3. The van der Waals surface area contributed by atoms with E-state index < -0.39 is 29.4 Å². The first-order valence-electron chi connectivity index (χ1n) is 9.34. The highest BCUT2D eigenvalue weighted by Gasteiger charge is 2.30. The minimum absolute atomic E-state index is 0.0507. The Bertz CT molecular complexity index is 1090. The van der Waals surface area contributed by atoms with Crippen molar-refractivity contribution in [3.05, 3.63) is 53.6 Å². The Morgan fingerprint density at radius 1 is 1.13 bits per heavy atom. The quantitative estimate of drug-likeness (QED) is 0.516. The standard InChI is InChI=1S/C20H16F5N3O2S/c21-12-9-15(22)17-16(10-12)31-19(27-17)30-14-5-7-28(8-6-14)18(29)26-13-3-1-11(2-4-13)20(23,24)25/h1-4,9-10,14H,5-8H2,(H,26,29). The number of fused-ring (bicyclic) bond motifs is 1. The van der Waals surface area contributed by atoms with Gasteiger partial charge in [0.2, 0.25) is 0 Å². The number of nitrogens with zero attached hydrogens (tertiary/aromatic N) is 2. The average Bonchev–Trinajstić information content (AvgIpc) is 3.11. The molecule has 2 heterocycles. The number of halogens is 5. The van der Waals surface area contributed by atoms with Crippen LogP contribution in [0.25, 0.3) is 10.2 Å². The molecule has 0 saturated carbocycles. The molecule has 3 aromatic rings. The number of likely N-dealkylation sites (tertiary alicyclic amines) is 1. The number of ether oxygens (including phenoxy) is 1. The van der Waals surface area contributed by atoms with E-state index in [0.29, 0.717) is 30.6 Å². The molecule has 31 heavy (non-hydrogen) atoms. The molecule has 0 spiro atoms. The zero-order valence-electron chi connectivity index (χ0n) is 15.9. The molecule has 2 aromatic carbocycles. The number of hydrogen-bond acceptors (Lipinski definition) is 4. The number of urea groups is 1. The zero-order chi connectivity index (χ0) is 22.2. The van der Waals surface area contributed by atoms with Crippen molar-refractivity contribution in [2.24, 2.45) is 0 Å². The smallest absolute Gasteiger partial charge is 0.416 e. The van der Waals surface area contributed by atoms with E-state index in [1.165, 1.54) is 23.1 Å². The summed E-state index contributed by atoms with van der Waals surface area (Å²) in [4.78, 5) is 18.0. The lowest BCUT2D eigenvalue weighted by molar-refractivity contribution is -0.137. The highest BCUT2D eigenvalue weighted by molar-refractivity contribution is 7.20. The summed E-state index contributed by atoms with van der Waals surface area (Å²) in [5.74, 6) is -1.44. The number of benzene rings is 2. The zero-order valence-corrected chi connectivity index (χ0v) is 16.7. The van der Waals surface area contributed by atoms with Gasteiger partial charge in [-0.15, -0.1) is 0 Å². The van der Waals surface area contributed by atoms with Gasteiger partial charge >= 0.3 is 12.2 Å². The number of piperidine rings is 1. The molecule has 1 aliphatic heterocycles. The Morgan fingerprint density at radius 3 is 2.45 bits per heavy atom. The first-order valence-corrected chi connectivity index (χ1v) is 10.2. The first kappa shape index (κ1) is 21.3. The molecule has 1 saturated heterocycles. The van der Waals surface area contributed by atoms with Crippen molar-refractivity contribution in [3.63, 3.8) is 0 Å². The van der Waals surface area contributed by atoms with Crippen molar-refractivity contribution >= 4 is 33.3 Å².